The Hall–Kier alpha value is -2.22. The number of anilines is 1. The average Bonchev–Trinajstić information content (AvgIpc) is 3.54. The number of nitrogens with zero attached hydrogens (tertiary/aromatic N) is 1. The van der Waals surface area contributed by atoms with Gasteiger partial charge in [-0.05, 0) is 61.0 Å². The molecule has 2 amide bonds. The third kappa shape index (κ3) is 2.73. The fourth-order valence-electron chi connectivity index (χ4n) is 7.00. The van der Waals surface area contributed by atoms with Crippen LogP contribution >= 0.6 is 35.3 Å². The number of aryl methyl sites for hydroxylation is 1. The summed E-state index contributed by atoms with van der Waals surface area (Å²) in [6.45, 7) is 2.02. The Bertz CT molecular complexity index is 1350. The average molecular weight is 491 g/mol. The number of thiazole rings is 1. The lowest BCUT2D eigenvalue weighted by Crippen LogP contribution is -2.42. The van der Waals surface area contributed by atoms with E-state index < -0.39 is 0 Å². The van der Waals surface area contributed by atoms with Crippen molar-refractivity contribution in [1.29, 1.82) is 0 Å². The molecule has 7 unspecified atom stereocenters. The smallest absolute Gasteiger partial charge is 0.238 e. The number of hydrogen-bond acceptors (Lipinski definition) is 5. The van der Waals surface area contributed by atoms with Gasteiger partial charge in [0.1, 0.15) is 0 Å². The zero-order chi connectivity index (χ0) is 22.4. The van der Waals surface area contributed by atoms with E-state index in [1.54, 1.807) is 11.3 Å². The van der Waals surface area contributed by atoms with Crippen molar-refractivity contribution in [3.8, 4) is 0 Å². The van der Waals surface area contributed by atoms with E-state index in [-0.39, 0.29) is 41.4 Å². The molecule has 0 spiro atoms. The molecule has 166 valence electrons. The van der Waals surface area contributed by atoms with Crippen molar-refractivity contribution in [2.24, 2.45) is 29.6 Å². The van der Waals surface area contributed by atoms with Gasteiger partial charge in [-0.25, -0.2) is 0 Å². The topological polar surface area (TPSA) is 53.2 Å². The van der Waals surface area contributed by atoms with Gasteiger partial charge in [0, 0.05) is 16.0 Å². The monoisotopic (exact) mass is 490 g/mol. The first-order chi connectivity index (χ1) is 16.0. The maximum Gasteiger partial charge on any atom is 0.238 e. The molecule has 1 N–H and O–H groups in total. The number of rotatable bonds is 2. The Labute approximate surface area is 205 Å². The molecule has 4 nitrogen and oxygen atoms in total. The number of nitrogens with one attached hydrogen (secondary N) is 1. The molecule has 1 saturated heterocycles. The molecule has 7 atom stereocenters. The SMILES string of the molecule is Cc1ccc(N2C(=O)C3C4CC(C3C2=O)C2C(c3ccccc3)c3sc(=S)[nH]c3SC42)cc1. The molecule has 2 aliphatic carbocycles. The molecule has 3 fully saturated rings. The number of hydrogen-bond donors (Lipinski definition) is 1. The number of carbonyl (C=O) groups is 2. The minimum absolute atomic E-state index is 0.000664. The van der Waals surface area contributed by atoms with Gasteiger partial charge in [0.15, 0.2) is 3.95 Å². The third-order valence-corrected chi connectivity index (χ3v) is 11.1. The predicted octanol–water partition coefficient (Wildman–Crippen LogP) is 5.79. The zero-order valence-corrected chi connectivity index (χ0v) is 20.4. The fraction of sp³-hybridized carbons (Fsp3) is 0.346. The van der Waals surface area contributed by atoms with Gasteiger partial charge < -0.3 is 4.98 Å². The lowest BCUT2D eigenvalue weighted by molar-refractivity contribution is -0.123. The maximum absolute atomic E-state index is 13.7. The number of amides is 2. The summed E-state index contributed by atoms with van der Waals surface area (Å²) in [5.41, 5.74) is 3.12. The van der Waals surface area contributed by atoms with E-state index in [4.69, 9.17) is 12.2 Å². The van der Waals surface area contributed by atoms with Crippen molar-refractivity contribution in [3.05, 3.63) is 74.6 Å². The highest BCUT2D eigenvalue weighted by Gasteiger charge is 2.69. The molecular weight excluding hydrogens is 468 g/mol. The van der Waals surface area contributed by atoms with Crippen molar-refractivity contribution < 1.29 is 9.59 Å². The quantitative estimate of drug-likeness (QED) is 0.365. The molecule has 7 heteroatoms. The van der Waals surface area contributed by atoms with Gasteiger partial charge >= 0.3 is 0 Å². The van der Waals surface area contributed by atoms with Crippen LogP contribution in [0.15, 0.2) is 59.6 Å². The van der Waals surface area contributed by atoms with E-state index in [2.05, 4.69) is 29.2 Å². The Morgan fingerprint density at radius 3 is 2.39 bits per heavy atom. The highest BCUT2D eigenvalue weighted by molar-refractivity contribution is 8.00. The summed E-state index contributed by atoms with van der Waals surface area (Å²) in [5.74, 6) is 0.610. The Kier molecular flexibility index (Phi) is 4.37. The summed E-state index contributed by atoms with van der Waals surface area (Å²) in [6.07, 6.45) is 0.968. The van der Waals surface area contributed by atoms with Crippen LogP contribution in [0.25, 0.3) is 0 Å². The Balaban J connectivity index is 1.33. The van der Waals surface area contributed by atoms with Gasteiger partial charge in [-0.3, -0.25) is 14.5 Å². The summed E-state index contributed by atoms with van der Waals surface area (Å²) in [5, 5.41) is 1.49. The molecule has 33 heavy (non-hydrogen) atoms. The molecular formula is C26H22N2O2S3. The highest BCUT2D eigenvalue weighted by Crippen LogP contribution is 2.68. The minimum Gasteiger partial charge on any atom is -0.332 e. The first-order valence-corrected chi connectivity index (χ1v) is 13.5. The van der Waals surface area contributed by atoms with E-state index in [9.17, 15) is 9.59 Å². The molecule has 4 aliphatic rings. The first kappa shape index (κ1) is 20.2. The van der Waals surface area contributed by atoms with Crippen LogP contribution in [0, 0.1) is 40.5 Å². The van der Waals surface area contributed by atoms with E-state index >= 15 is 0 Å². The fourth-order valence-corrected chi connectivity index (χ4v) is 10.3. The van der Waals surface area contributed by atoms with Crippen molar-refractivity contribution in [2.45, 2.75) is 29.5 Å². The Morgan fingerprint density at radius 2 is 1.67 bits per heavy atom. The molecule has 2 aliphatic heterocycles. The number of carbonyl (C=O) groups excluding carboxylic acids is 2. The van der Waals surface area contributed by atoms with Crippen LogP contribution in [0.1, 0.15) is 28.3 Å². The van der Waals surface area contributed by atoms with Crippen molar-refractivity contribution in [1.82, 2.24) is 4.98 Å². The molecule has 7 rings (SSSR count). The number of imide groups is 1. The number of H-pyrrole nitrogens is 1. The molecule has 3 aromatic rings. The highest BCUT2D eigenvalue weighted by atomic mass is 32.2. The number of fused-ring (bicyclic) bond motifs is 9. The summed E-state index contributed by atoms with van der Waals surface area (Å²) < 4.78 is 0.804. The summed E-state index contributed by atoms with van der Waals surface area (Å²) >= 11 is 9.06. The second-order valence-corrected chi connectivity index (χ2v) is 12.6. The summed E-state index contributed by atoms with van der Waals surface area (Å²) in [4.78, 5) is 33.5. The number of aromatic amines is 1. The number of aromatic nitrogens is 1. The van der Waals surface area contributed by atoms with E-state index in [0.717, 1.165) is 21.0 Å². The van der Waals surface area contributed by atoms with E-state index in [1.807, 2.05) is 49.0 Å². The first-order valence-electron chi connectivity index (χ1n) is 11.4. The van der Waals surface area contributed by atoms with Crippen LogP contribution in [-0.4, -0.2) is 22.0 Å². The van der Waals surface area contributed by atoms with Crippen LogP contribution < -0.4 is 4.90 Å². The molecule has 0 radical (unpaired) electrons. The van der Waals surface area contributed by atoms with Crippen LogP contribution in [0.4, 0.5) is 5.69 Å². The second kappa shape index (κ2) is 7.14. The van der Waals surface area contributed by atoms with Gasteiger partial charge in [0.25, 0.3) is 0 Å². The van der Waals surface area contributed by atoms with Gasteiger partial charge in [0.2, 0.25) is 11.8 Å². The minimum atomic E-state index is -0.203. The van der Waals surface area contributed by atoms with Gasteiger partial charge in [0.05, 0.1) is 22.5 Å². The summed E-state index contributed by atoms with van der Waals surface area (Å²) in [6, 6.07) is 18.4. The molecule has 2 bridgehead atoms. The van der Waals surface area contributed by atoms with Gasteiger partial charge in [-0.15, -0.1) is 23.1 Å². The van der Waals surface area contributed by atoms with Crippen molar-refractivity contribution in [2.75, 3.05) is 4.90 Å². The molecule has 3 heterocycles. The number of thioether (sulfide) groups is 1. The lowest BCUT2D eigenvalue weighted by atomic mass is 9.68. The van der Waals surface area contributed by atoms with Crippen LogP contribution in [-0.2, 0) is 9.59 Å². The van der Waals surface area contributed by atoms with Crippen molar-refractivity contribution in [3.63, 3.8) is 0 Å². The standard InChI is InChI=1S/C26H22N2O2S3/c1-12-7-9-14(10-8-12)28-24(29)19-15-11-16(20(19)25(28)30)21-18(15)17(13-5-3-2-4-6-13)22-23(32-21)27-26(31)33-22/h2-10,15-21H,11H2,1H3,(H,27,31). The lowest BCUT2D eigenvalue weighted by Gasteiger charge is -2.43. The number of benzene rings is 2. The maximum atomic E-state index is 13.7. The summed E-state index contributed by atoms with van der Waals surface area (Å²) in [7, 11) is 0. The normalized spacial score (nSPS) is 33.8. The molecule has 1 aromatic heterocycles. The molecule has 2 aromatic carbocycles. The van der Waals surface area contributed by atoms with Crippen LogP contribution in [0.2, 0.25) is 0 Å². The largest absolute Gasteiger partial charge is 0.332 e. The van der Waals surface area contributed by atoms with E-state index in [1.165, 1.54) is 15.3 Å². The predicted molar refractivity (Wildman–Crippen MR) is 133 cm³/mol. The van der Waals surface area contributed by atoms with Crippen LogP contribution in [0.5, 0.6) is 0 Å². The van der Waals surface area contributed by atoms with Crippen LogP contribution in [0.3, 0.4) is 0 Å². The molecule has 2 saturated carbocycles. The third-order valence-electron chi connectivity index (χ3n) is 8.17. The van der Waals surface area contributed by atoms with E-state index in [0.29, 0.717) is 16.9 Å². The van der Waals surface area contributed by atoms with Gasteiger partial charge in [-0.1, -0.05) is 48.0 Å². The second-order valence-electron chi connectivity index (χ2n) is 9.72. The zero-order valence-electron chi connectivity index (χ0n) is 17.9. The Morgan fingerprint density at radius 1 is 0.970 bits per heavy atom. The van der Waals surface area contributed by atoms with Crippen molar-refractivity contribution >= 4 is 52.8 Å². The van der Waals surface area contributed by atoms with Gasteiger partial charge in [-0.2, -0.15) is 0 Å².